The zero-order valence-corrected chi connectivity index (χ0v) is 18.2. The van der Waals surface area contributed by atoms with Gasteiger partial charge in [0.15, 0.2) is 0 Å². The molecule has 2 saturated heterocycles. The Labute approximate surface area is 185 Å². The maximum absolute atomic E-state index is 12.9. The van der Waals surface area contributed by atoms with E-state index in [1.54, 1.807) is 11.3 Å². The number of para-hydroxylation sites is 1. The largest absolute Gasteiger partial charge is 0.326 e. The zero-order chi connectivity index (χ0) is 21.2. The van der Waals surface area contributed by atoms with Gasteiger partial charge >= 0.3 is 6.03 Å². The van der Waals surface area contributed by atoms with Crippen molar-refractivity contribution in [2.45, 2.75) is 25.7 Å². The fourth-order valence-corrected chi connectivity index (χ4v) is 5.37. The molecule has 1 aromatic heterocycles. The molecule has 0 spiro atoms. The van der Waals surface area contributed by atoms with E-state index < -0.39 is 0 Å². The van der Waals surface area contributed by atoms with Crippen LogP contribution in [0, 0.1) is 5.92 Å². The van der Waals surface area contributed by atoms with Crippen molar-refractivity contribution in [3.63, 3.8) is 0 Å². The van der Waals surface area contributed by atoms with E-state index in [1.807, 2.05) is 52.3 Å². The van der Waals surface area contributed by atoms with Gasteiger partial charge in [-0.3, -0.25) is 4.79 Å². The van der Waals surface area contributed by atoms with Gasteiger partial charge in [0, 0.05) is 43.3 Å². The molecule has 0 atom stereocenters. The molecule has 2 fully saturated rings. The van der Waals surface area contributed by atoms with Crippen LogP contribution in [0.1, 0.15) is 25.7 Å². The van der Waals surface area contributed by atoms with E-state index in [1.165, 1.54) is 0 Å². The lowest BCUT2D eigenvalue weighted by Crippen LogP contribution is -2.47. The first-order chi connectivity index (χ1) is 15.2. The number of thiazole rings is 1. The highest BCUT2D eigenvalue weighted by molar-refractivity contribution is 7.21. The van der Waals surface area contributed by atoms with Crippen LogP contribution in [0.2, 0.25) is 0 Å². The van der Waals surface area contributed by atoms with Crippen molar-refractivity contribution in [1.82, 2.24) is 14.8 Å². The van der Waals surface area contributed by atoms with Gasteiger partial charge in [-0.25, -0.2) is 9.78 Å². The number of urea groups is 1. The lowest BCUT2D eigenvalue weighted by molar-refractivity contribution is -0.121. The fraction of sp³-hybridized carbons (Fsp3) is 0.375. The van der Waals surface area contributed by atoms with Gasteiger partial charge in [0.1, 0.15) is 5.01 Å². The average Bonchev–Trinajstić information content (AvgIpc) is 3.49. The number of hydrogen-bond donors (Lipinski definition) is 1. The molecule has 2 aliphatic rings. The number of carbonyl (C=O) groups excluding carboxylic acids is 2. The molecule has 6 nitrogen and oxygen atoms in total. The predicted octanol–water partition coefficient (Wildman–Crippen LogP) is 4.83. The summed E-state index contributed by atoms with van der Waals surface area (Å²) in [6.07, 6.45) is 3.62. The lowest BCUT2D eigenvalue weighted by Gasteiger charge is -2.34. The minimum absolute atomic E-state index is 0.0368. The van der Waals surface area contributed by atoms with Crippen molar-refractivity contribution >= 4 is 39.2 Å². The number of aromatic nitrogens is 1. The van der Waals surface area contributed by atoms with E-state index in [-0.39, 0.29) is 17.9 Å². The molecule has 0 radical (unpaired) electrons. The number of anilines is 1. The molecule has 3 aromatic rings. The SMILES string of the molecule is O=C(Nc1cccc(-c2nc3ccccc3s2)c1)C1CCN(C(=O)N2CCCC2)CC1. The normalized spacial score (nSPS) is 17.3. The Morgan fingerprint density at radius 3 is 2.45 bits per heavy atom. The van der Waals surface area contributed by atoms with Crippen LogP contribution in [-0.4, -0.2) is 52.9 Å². The van der Waals surface area contributed by atoms with E-state index in [0.717, 1.165) is 52.4 Å². The second-order valence-electron chi connectivity index (χ2n) is 8.29. The minimum atomic E-state index is -0.0614. The summed E-state index contributed by atoms with van der Waals surface area (Å²) in [7, 11) is 0. The fourth-order valence-electron chi connectivity index (χ4n) is 4.41. The minimum Gasteiger partial charge on any atom is -0.326 e. The van der Waals surface area contributed by atoms with Crippen LogP contribution < -0.4 is 5.32 Å². The molecular formula is C24H26N4O2S. The number of benzene rings is 2. The van der Waals surface area contributed by atoms with Crippen molar-refractivity contribution < 1.29 is 9.59 Å². The number of hydrogen-bond acceptors (Lipinski definition) is 4. The maximum Gasteiger partial charge on any atom is 0.319 e. The van der Waals surface area contributed by atoms with Crippen LogP contribution in [0.3, 0.4) is 0 Å². The van der Waals surface area contributed by atoms with Crippen LogP contribution in [0.5, 0.6) is 0 Å². The predicted molar refractivity (Wildman–Crippen MR) is 124 cm³/mol. The molecule has 0 bridgehead atoms. The molecule has 2 aliphatic heterocycles. The van der Waals surface area contributed by atoms with E-state index in [0.29, 0.717) is 25.9 Å². The summed E-state index contributed by atoms with van der Waals surface area (Å²) in [5.74, 6) is -0.0246. The van der Waals surface area contributed by atoms with Gasteiger partial charge in [-0.2, -0.15) is 0 Å². The maximum atomic E-state index is 12.9. The first kappa shape index (κ1) is 20.0. The monoisotopic (exact) mass is 434 g/mol. The number of carbonyl (C=O) groups is 2. The third-order valence-electron chi connectivity index (χ3n) is 6.18. The number of piperidine rings is 1. The molecule has 160 valence electrons. The number of amides is 3. The Hall–Kier alpha value is -2.93. The molecule has 3 amide bonds. The summed E-state index contributed by atoms with van der Waals surface area (Å²) in [6, 6.07) is 16.1. The highest BCUT2D eigenvalue weighted by atomic mass is 32.1. The summed E-state index contributed by atoms with van der Waals surface area (Å²) in [5, 5.41) is 4.03. The molecule has 7 heteroatoms. The zero-order valence-electron chi connectivity index (χ0n) is 17.4. The first-order valence-electron chi connectivity index (χ1n) is 11.0. The highest BCUT2D eigenvalue weighted by Gasteiger charge is 2.30. The summed E-state index contributed by atoms with van der Waals surface area (Å²) >= 11 is 1.65. The average molecular weight is 435 g/mol. The number of nitrogens with zero attached hydrogens (tertiary/aromatic N) is 3. The summed E-state index contributed by atoms with van der Waals surface area (Å²) in [4.78, 5) is 34.0. The summed E-state index contributed by atoms with van der Waals surface area (Å²) < 4.78 is 1.15. The van der Waals surface area contributed by atoms with Gasteiger partial charge < -0.3 is 15.1 Å². The van der Waals surface area contributed by atoms with Gasteiger partial charge in [0.25, 0.3) is 0 Å². The van der Waals surface area contributed by atoms with Crippen molar-refractivity contribution in [3.05, 3.63) is 48.5 Å². The summed E-state index contributed by atoms with van der Waals surface area (Å²) in [5.41, 5.74) is 2.79. The van der Waals surface area contributed by atoms with Crippen LogP contribution in [0.25, 0.3) is 20.8 Å². The van der Waals surface area contributed by atoms with Crippen molar-refractivity contribution in [2.24, 2.45) is 5.92 Å². The number of fused-ring (bicyclic) bond motifs is 1. The van der Waals surface area contributed by atoms with Crippen LogP contribution in [-0.2, 0) is 4.79 Å². The Balaban J connectivity index is 1.21. The molecule has 0 aliphatic carbocycles. The van der Waals surface area contributed by atoms with E-state index >= 15 is 0 Å². The second kappa shape index (κ2) is 8.67. The van der Waals surface area contributed by atoms with Gasteiger partial charge in [-0.1, -0.05) is 24.3 Å². The van der Waals surface area contributed by atoms with Crippen LogP contribution in [0.15, 0.2) is 48.5 Å². The Morgan fingerprint density at radius 1 is 0.935 bits per heavy atom. The van der Waals surface area contributed by atoms with Crippen molar-refractivity contribution in [1.29, 1.82) is 0 Å². The lowest BCUT2D eigenvalue weighted by atomic mass is 9.96. The van der Waals surface area contributed by atoms with E-state index in [4.69, 9.17) is 4.98 Å². The molecule has 3 heterocycles. The van der Waals surface area contributed by atoms with Gasteiger partial charge in [-0.05, 0) is 49.9 Å². The van der Waals surface area contributed by atoms with Crippen LogP contribution in [0.4, 0.5) is 10.5 Å². The quantitative estimate of drug-likeness (QED) is 0.642. The Bertz CT molecular complexity index is 1060. The van der Waals surface area contributed by atoms with Gasteiger partial charge in [0.2, 0.25) is 5.91 Å². The van der Waals surface area contributed by atoms with E-state index in [2.05, 4.69) is 11.4 Å². The standard InChI is InChI=1S/C24H26N4O2S/c29-22(17-10-14-28(15-11-17)24(30)27-12-3-4-13-27)25-19-7-5-6-18(16-19)23-26-20-8-1-2-9-21(20)31-23/h1-2,5-9,16-17H,3-4,10-15H2,(H,25,29). The topological polar surface area (TPSA) is 65.5 Å². The van der Waals surface area contributed by atoms with E-state index in [9.17, 15) is 9.59 Å². The third-order valence-corrected chi connectivity index (χ3v) is 7.27. The smallest absolute Gasteiger partial charge is 0.319 e. The molecule has 31 heavy (non-hydrogen) atoms. The van der Waals surface area contributed by atoms with Crippen molar-refractivity contribution in [2.75, 3.05) is 31.5 Å². The van der Waals surface area contributed by atoms with Crippen molar-refractivity contribution in [3.8, 4) is 10.6 Å². The molecule has 1 N–H and O–H groups in total. The Morgan fingerprint density at radius 2 is 1.68 bits per heavy atom. The number of rotatable bonds is 3. The molecule has 5 rings (SSSR count). The second-order valence-corrected chi connectivity index (χ2v) is 9.33. The summed E-state index contributed by atoms with van der Waals surface area (Å²) in [6.45, 7) is 3.03. The molecule has 2 aromatic carbocycles. The first-order valence-corrected chi connectivity index (χ1v) is 11.8. The highest BCUT2D eigenvalue weighted by Crippen LogP contribution is 2.31. The number of likely N-dealkylation sites (tertiary alicyclic amines) is 2. The van der Waals surface area contributed by atoms with Gasteiger partial charge in [-0.15, -0.1) is 11.3 Å². The van der Waals surface area contributed by atoms with Crippen LogP contribution >= 0.6 is 11.3 Å². The molecule has 0 saturated carbocycles. The molecular weight excluding hydrogens is 408 g/mol. The molecule has 0 unspecified atom stereocenters. The Kier molecular flexibility index (Phi) is 5.59. The third kappa shape index (κ3) is 4.28. The van der Waals surface area contributed by atoms with Gasteiger partial charge in [0.05, 0.1) is 10.2 Å². The number of nitrogens with one attached hydrogen (secondary N) is 1.